The van der Waals surface area contributed by atoms with E-state index in [-0.39, 0.29) is 24.0 Å². The molecule has 2 N–H and O–H groups in total. The van der Waals surface area contributed by atoms with Crippen LogP contribution in [0.2, 0.25) is 0 Å². The summed E-state index contributed by atoms with van der Waals surface area (Å²) in [7, 11) is 1.84. The van der Waals surface area contributed by atoms with E-state index >= 15 is 0 Å². The largest absolute Gasteiger partial charge is 0.356 e. The minimum Gasteiger partial charge on any atom is -0.356 e. The highest BCUT2D eigenvalue weighted by molar-refractivity contribution is 14.0. The molecule has 1 aliphatic rings. The molecule has 1 fully saturated rings. The molecule has 1 aliphatic carbocycles. The SMILES string of the molecule is CCC1(CNC(=NC)NCCn2c(C)nc3ccccc32)CCC1.I. The molecule has 2 aromatic rings. The van der Waals surface area contributed by atoms with Gasteiger partial charge in [-0.05, 0) is 43.7 Å². The lowest BCUT2D eigenvalue weighted by Gasteiger charge is -2.41. The first kappa shape index (κ1) is 20.0. The summed E-state index contributed by atoms with van der Waals surface area (Å²) in [5.74, 6) is 1.96. The number of hydrogen-bond donors (Lipinski definition) is 2. The van der Waals surface area contributed by atoms with Crippen LogP contribution in [0.25, 0.3) is 11.0 Å². The fourth-order valence-corrected chi connectivity index (χ4v) is 3.59. The number of aryl methyl sites for hydroxylation is 1. The number of imidazole rings is 1. The van der Waals surface area contributed by atoms with Crippen molar-refractivity contribution in [3.63, 3.8) is 0 Å². The third-order valence-corrected chi connectivity index (χ3v) is 5.49. The summed E-state index contributed by atoms with van der Waals surface area (Å²) in [6.45, 7) is 7.10. The average Bonchev–Trinajstić information content (AvgIpc) is 2.88. The Morgan fingerprint density at radius 2 is 2.04 bits per heavy atom. The van der Waals surface area contributed by atoms with Crippen LogP contribution in [-0.4, -0.2) is 35.6 Å². The Morgan fingerprint density at radius 1 is 1.28 bits per heavy atom. The molecule has 0 aliphatic heterocycles. The zero-order chi connectivity index (χ0) is 17.0. The summed E-state index contributed by atoms with van der Waals surface area (Å²) < 4.78 is 2.26. The molecule has 0 unspecified atom stereocenters. The first-order valence-corrected chi connectivity index (χ1v) is 9.04. The molecule has 3 rings (SSSR count). The monoisotopic (exact) mass is 455 g/mol. The second kappa shape index (κ2) is 8.87. The van der Waals surface area contributed by atoms with E-state index in [1.54, 1.807) is 0 Å². The molecule has 0 bridgehead atoms. The Kier molecular flexibility index (Phi) is 7.10. The molecule has 6 heteroatoms. The smallest absolute Gasteiger partial charge is 0.191 e. The number of aliphatic imine (C=N–C) groups is 1. The van der Waals surface area contributed by atoms with Crippen LogP contribution in [0.4, 0.5) is 0 Å². The molecule has 0 spiro atoms. The van der Waals surface area contributed by atoms with Crippen LogP contribution in [0.1, 0.15) is 38.4 Å². The van der Waals surface area contributed by atoms with Gasteiger partial charge in [-0.25, -0.2) is 4.98 Å². The number of halogens is 1. The van der Waals surface area contributed by atoms with Crippen molar-refractivity contribution < 1.29 is 0 Å². The molecule has 0 saturated heterocycles. The van der Waals surface area contributed by atoms with Gasteiger partial charge in [0.1, 0.15) is 5.82 Å². The summed E-state index contributed by atoms with van der Waals surface area (Å²) in [5.41, 5.74) is 2.75. The maximum Gasteiger partial charge on any atom is 0.191 e. The van der Waals surface area contributed by atoms with Crippen LogP contribution in [0.3, 0.4) is 0 Å². The van der Waals surface area contributed by atoms with E-state index in [1.807, 2.05) is 13.1 Å². The second-order valence-electron chi connectivity index (χ2n) is 6.86. The van der Waals surface area contributed by atoms with Crippen molar-refractivity contribution in [1.82, 2.24) is 20.2 Å². The quantitative estimate of drug-likeness (QED) is 0.397. The lowest BCUT2D eigenvalue weighted by atomic mass is 9.67. The van der Waals surface area contributed by atoms with Crippen molar-refractivity contribution in [2.24, 2.45) is 10.4 Å². The van der Waals surface area contributed by atoms with Crippen molar-refractivity contribution in [3.8, 4) is 0 Å². The summed E-state index contributed by atoms with van der Waals surface area (Å²) in [4.78, 5) is 8.98. The van der Waals surface area contributed by atoms with Crippen LogP contribution < -0.4 is 10.6 Å². The van der Waals surface area contributed by atoms with E-state index in [1.165, 1.54) is 31.2 Å². The molecule has 1 aromatic heterocycles. The van der Waals surface area contributed by atoms with Crippen LogP contribution in [0, 0.1) is 12.3 Å². The van der Waals surface area contributed by atoms with Crippen molar-refractivity contribution in [3.05, 3.63) is 30.1 Å². The van der Waals surface area contributed by atoms with Crippen LogP contribution in [0.15, 0.2) is 29.3 Å². The molecule has 0 radical (unpaired) electrons. The predicted molar refractivity (Wildman–Crippen MR) is 116 cm³/mol. The van der Waals surface area contributed by atoms with Gasteiger partial charge in [0.15, 0.2) is 5.96 Å². The zero-order valence-electron chi connectivity index (χ0n) is 15.5. The molecule has 1 saturated carbocycles. The average molecular weight is 455 g/mol. The van der Waals surface area contributed by atoms with Crippen molar-refractivity contribution in [2.45, 2.75) is 46.1 Å². The Balaban J connectivity index is 0.00000225. The van der Waals surface area contributed by atoms with Gasteiger partial charge in [-0.1, -0.05) is 25.5 Å². The molecule has 0 amide bonds. The highest BCUT2D eigenvalue weighted by Gasteiger charge is 2.34. The summed E-state index contributed by atoms with van der Waals surface area (Å²) in [6.07, 6.45) is 5.30. The zero-order valence-corrected chi connectivity index (χ0v) is 17.8. The van der Waals surface area contributed by atoms with Crippen LogP contribution in [0.5, 0.6) is 0 Å². The predicted octanol–water partition coefficient (Wildman–Crippen LogP) is 3.71. The fraction of sp³-hybridized carbons (Fsp3) is 0.579. The molecular formula is C19H30IN5. The van der Waals surface area contributed by atoms with E-state index < -0.39 is 0 Å². The number of benzene rings is 1. The van der Waals surface area contributed by atoms with Crippen LogP contribution in [-0.2, 0) is 6.54 Å². The number of para-hydroxylation sites is 2. The number of hydrogen-bond acceptors (Lipinski definition) is 2. The van der Waals surface area contributed by atoms with E-state index in [0.29, 0.717) is 5.41 Å². The van der Waals surface area contributed by atoms with E-state index in [4.69, 9.17) is 0 Å². The molecule has 25 heavy (non-hydrogen) atoms. The van der Waals surface area contributed by atoms with Gasteiger partial charge < -0.3 is 15.2 Å². The number of rotatable bonds is 6. The summed E-state index contributed by atoms with van der Waals surface area (Å²) >= 11 is 0. The van der Waals surface area contributed by atoms with E-state index in [0.717, 1.165) is 36.9 Å². The molecule has 0 atom stereocenters. The van der Waals surface area contributed by atoms with E-state index in [9.17, 15) is 0 Å². The van der Waals surface area contributed by atoms with E-state index in [2.05, 4.69) is 57.2 Å². The van der Waals surface area contributed by atoms with Crippen molar-refractivity contribution in [1.29, 1.82) is 0 Å². The first-order valence-electron chi connectivity index (χ1n) is 9.04. The van der Waals surface area contributed by atoms with Gasteiger partial charge in [0.05, 0.1) is 11.0 Å². The van der Waals surface area contributed by atoms with Crippen molar-refractivity contribution >= 4 is 41.0 Å². The molecule has 138 valence electrons. The Morgan fingerprint density at radius 3 is 2.68 bits per heavy atom. The van der Waals surface area contributed by atoms with Crippen LogP contribution >= 0.6 is 24.0 Å². The number of fused-ring (bicyclic) bond motifs is 1. The number of nitrogens with zero attached hydrogens (tertiary/aromatic N) is 3. The number of nitrogens with one attached hydrogen (secondary N) is 2. The third-order valence-electron chi connectivity index (χ3n) is 5.49. The topological polar surface area (TPSA) is 54.2 Å². The minimum absolute atomic E-state index is 0. The Labute approximate surface area is 167 Å². The Bertz CT molecular complexity index is 712. The van der Waals surface area contributed by atoms with Gasteiger partial charge in [0.25, 0.3) is 0 Å². The standard InChI is InChI=1S/C19H29N5.HI/c1-4-19(10-7-11-19)14-22-18(20-3)21-12-13-24-15(2)23-16-8-5-6-9-17(16)24;/h5-6,8-9H,4,7,10-14H2,1-3H3,(H2,20,21,22);1H. The normalized spacial score (nSPS) is 16.2. The number of aromatic nitrogens is 2. The summed E-state index contributed by atoms with van der Waals surface area (Å²) in [5, 5.41) is 6.94. The highest BCUT2D eigenvalue weighted by Crippen LogP contribution is 2.42. The molecule has 1 heterocycles. The lowest BCUT2D eigenvalue weighted by molar-refractivity contribution is 0.131. The maximum atomic E-state index is 4.62. The Hall–Kier alpha value is -1.31. The minimum atomic E-state index is 0. The summed E-state index contributed by atoms with van der Waals surface area (Å²) in [6, 6.07) is 8.30. The van der Waals surface area contributed by atoms with Gasteiger partial charge in [-0.15, -0.1) is 24.0 Å². The maximum absolute atomic E-state index is 4.62. The van der Waals surface area contributed by atoms with Gasteiger partial charge in [-0.2, -0.15) is 0 Å². The highest BCUT2D eigenvalue weighted by atomic mass is 127. The second-order valence-corrected chi connectivity index (χ2v) is 6.86. The molecule has 1 aromatic carbocycles. The molecule has 5 nitrogen and oxygen atoms in total. The fourth-order valence-electron chi connectivity index (χ4n) is 3.59. The third kappa shape index (κ3) is 4.46. The van der Waals surface area contributed by atoms with Gasteiger partial charge in [0, 0.05) is 26.7 Å². The van der Waals surface area contributed by atoms with Gasteiger partial charge in [-0.3, -0.25) is 4.99 Å². The number of guanidine groups is 1. The molecular weight excluding hydrogens is 425 g/mol. The van der Waals surface area contributed by atoms with Crippen molar-refractivity contribution in [2.75, 3.05) is 20.1 Å². The lowest BCUT2D eigenvalue weighted by Crippen LogP contribution is -2.46. The van der Waals surface area contributed by atoms with Gasteiger partial charge >= 0.3 is 0 Å². The first-order chi connectivity index (χ1) is 11.7. The van der Waals surface area contributed by atoms with Gasteiger partial charge in [0.2, 0.25) is 0 Å².